The van der Waals surface area contributed by atoms with Gasteiger partial charge in [-0.2, -0.15) is 4.73 Å². The molecule has 0 aliphatic carbocycles. The minimum absolute atomic E-state index is 0.00142. The number of aliphatic hydroxyl groups excluding tert-OH is 1. The van der Waals surface area contributed by atoms with E-state index in [0.717, 1.165) is 62.8 Å². The number of likely N-dealkylation sites (N-methyl/N-ethyl adjacent to an activating group) is 1. The molecule has 0 saturated carbocycles. The van der Waals surface area contributed by atoms with Gasteiger partial charge in [0.2, 0.25) is 11.8 Å². The number of hydrogen-bond acceptors (Lipinski definition) is 32. The van der Waals surface area contributed by atoms with Crippen molar-refractivity contribution in [1.29, 1.82) is 0 Å². The highest BCUT2D eigenvalue weighted by atomic mass is 32.1. The quantitative estimate of drug-likeness (QED) is 0.0460. The summed E-state index contributed by atoms with van der Waals surface area (Å²) in [4.78, 5) is 146. The lowest BCUT2D eigenvalue weighted by Crippen LogP contribution is -2.62. The number of nitrogens with zero attached hydrogens (tertiary/aromatic N) is 8. The summed E-state index contributed by atoms with van der Waals surface area (Å²) < 4.78 is 38.3. The van der Waals surface area contributed by atoms with Gasteiger partial charge < -0.3 is 96.0 Å². The van der Waals surface area contributed by atoms with E-state index < -0.39 is 145 Å². The topological polar surface area (TPSA) is 471 Å². The predicted molar refractivity (Wildman–Crippen MR) is 383 cm³/mol. The normalized spacial score (nSPS) is 23.3. The van der Waals surface area contributed by atoms with Crippen molar-refractivity contribution in [2.75, 3.05) is 27.8 Å². The van der Waals surface area contributed by atoms with E-state index in [4.69, 9.17) is 43.4 Å². The Labute approximate surface area is 626 Å². The summed E-state index contributed by atoms with van der Waals surface area (Å²) >= 11 is 4.45. The molecule has 12 bridgehead atoms. The van der Waals surface area contributed by atoms with Crippen LogP contribution in [-0.2, 0) is 62.6 Å². The van der Waals surface area contributed by atoms with Gasteiger partial charge in [-0.25, -0.2) is 39.5 Å². The van der Waals surface area contributed by atoms with Gasteiger partial charge in [0, 0.05) is 62.4 Å². The smallest absolute Gasteiger partial charge is 0.358 e. The summed E-state index contributed by atoms with van der Waals surface area (Å²) in [6, 6.07) is 3.24. The number of carbonyl (C=O) groups excluding carboxylic acids is 8. The second-order valence-electron chi connectivity index (χ2n) is 25.8. The Morgan fingerprint density at radius 1 is 0.794 bits per heavy atom. The number of phenols is 2. The average molecular weight is 1560 g/mol. The van der Waals surface area contributed by atoms with Crippen LogP contribution >= 0.6 is 56.7 Å². The molecule has 0 radical (unpaired) electrons. The zero-order valence-corrected chi connectivity index (χ0v) is 61.8. The van der Waals surface area contributed by atoms with Crippen LogP contribution in [0.4, 0.5) is 0 Å². The summed E-state index contributed by atoms with van der Waals surface area (Å²) in [5.74, 6) is -8.36. The molecule has 39 heteroatoms. The molecule has 11 heterocycles. The zero-order chi connectivity index (χ0) is 76.2. The minimum atomic E-state index is -1.93. The molecule has 4 aliphatic heterocycles. The van der Waals surface area contributed by atoms with Crippen molar-refractivity contribution in [2.45, 2.75) is 127 Å². The average Bonchev–Trinajstić information content (AvgIpc) is 1.51. The molecular formula is C68H68N14O20S5. The molecule has 560 valence electrons. The highest BCUT2D eigenvalue weighted by Crippen LogP contribution is 2.43. The lowest BCUT2D eigenvalue weighted by molar-refractivity contribution is -0.280. The number of fused-ring (bicyclic) bond motifs is 15. The summed E-state index contributed by atoms with van der Waals surface area (Å²) in [5, 5.41) is 90.5. The van der Waals surface area contributed by atoms with E-state index in [1.807, 2.05) is 0 Å². The molecule has 9 aromatic rings. The molecule has 12 N–H and O–H groups in total. The summed E-state index contributed by atoms with van der Waals surface area (Å²) in [5.41, 5.74) is -2.59. The molecule has 13 rings (SSSR count). The number of thiazole rings is 5. The van der Waals surface area contributed by atoms with Crippen LogP contribution in [0.1, 0.15) is 137 Å². The number of aliphatic hydroxyl groups is 2. The largest absolute Gasteiger partial charge is 0.508 e. The molecule has 4 aliphatic rings. The van der Waals surface area contributed by atoms with Crippen LogP contribution in [0.15, 0.2) is 75.1 Å². The number of carbonyl (C=O) groups is 8. The van der Waals surface area contributed by atoms with Crippen LogP contribution in [0.3, 0.4) is 0 Å². The standard InChI is InChI=1S/C68H68N14O20S5/c1-26(55(87)69-17-30-12-32(84)14-33(85)13-30)70-56(88)38-23-106-64(75-38)49-43(86)15-34-48(77-49)37-21-104-62(72-37)36-20-100-66(93)51-35-19-98-52(53(102-44-16-68(5,95)54(81(6)7)29(4)101-44)67(94)99-18-31-10-9-11-42(45(31)35)82(51)96)50(65-76-39(24-107-65)57(89)71-36)80-59(91)41-25-105-63(74-41)47(28(3)97-8)79-60(92)46(27(2)83)78-58(90)40-22-103-61(34)73-40/h9-15,21-27,29,36,44,46,50,52-54,83-86,95-96H,16-20H2,1-8H3,(H,69,87)(H,70,88)(H,71,89)(H,78,90)(H,79,92)(H,80,91)/b47-28+/t26-,27+,29-,36-,44-,46-,50-,52-,53-,54+,68-/m0/s1. The second kappa shape index (κ2) is 30.4. The molecule has 0 unspecified atom stereocenters. The number of pyridine rings is 1. The first kappa shape index (κ1) is 74.8. The first-order valence-electron chi connectivity index (χ1n) is 32.8. The number of aromatic hydroxyl groups is 3. The number of amides is 6. The number of hydrogen-bond donors (Lipinski definition) is 12. The van der Waals surface area contributed by atoms with E-state index >= 15 is 19.2 Å². The molecule has 1 saturated heterocycles. The molecule has 11 atom stereocenters. The van der Waals surface area contributed by atoms with Gasteiger partial charge in [0.15, 0.2) is 18.1 Å². The number of phenolic OH excluding ortho intramolecular Hbond substituents is 2. The van der Waals surface area contributed by atoms with Crippen molar-refractivity contribution in [3.8, 4) is 49.9 Å². The Balaban J connectivity index is 0.939. The van der Waals surface area contributed by atoms with Crippen molar-refractivity contribution in [1.82, 2.24) is 71.4 Å². The second-order valence-corrected chi connectivity index (χ2v) is 30.2. The van der Waals surface area contributed by atoms with E-state index in [1.54, 1.807) is 45.0 Å². The van der Waals surface area contributed by atoms with Crippen molar-refractivity contribution in [2.24, 2.45) is 0 Å². The lowest BCUT2D eigenvalue weighted by Gasteiger charge is -2.48. The van der Waals surface area contributed by atoms with E-state index in [1.165, 1.54) is 79.0 Å². The van der Waals surface area contributed by atoms with Crippen LogP contribution in [0, 0.1) is 0 Å². The van der Waals surface area contributed by atoms with Gasteiger partial charge in [0.25, 0.3) is 23.6 Å². The molecule has 6 amide bonds. The van der Waals surface area contributed by atoms with Crippen LogP contribution in [0.25, 0.3) is 49.3 Å². The Bertz CT molecular complexity index is 5040. The minimum Gasteiger partial charge on any atom is -0.508 e. The number of benzene rings is 2. The molecule has 107 heavy (non-hydrogen) atoms. The Morgan fingerprint density at radius 2 is 1.46 bits per heavy atom. The van der Waals surface area contributed by atoms with E-state index in [2.05, 4.69) is 46.9 Å². The first-order valence-corrected chi connectivity index (χ1v) is 37.2. The third-order valence-corrected chi connectivity index (χ3v) is 22.4. The number of rotatable bonds is 11. The number of esters is 2. The van der Waals surface area contributed by atoms with Gasteiger partial charge in [0.05, 0.1) is 43.1 Å². The van der Waals surface area contributed by atoms with E-state index in [0.29, 0.717) is 15.9 Å². The highest BCUT2D eigenvalue weighted by molar-refractivity contribution is 7.14. The monoisotopic (exact) mass is 1560 g/mol. The number of cyclic esters (lactones) is 2. The maximum atomic E-state index is 15.2. The number of methoxy groups -OCH3 is 1. The fourth-order valence-electron chi connectivity index (χ4n) is 12.9. The Morgan fingerprint density at radius 3 is 2.18 bits per heavy atom. The maximum Gasteiger partial charge on any atom is 0.358 e. The summed E-state index contributed by atoms with van der Waals surface area (Å²) in [6.45, 7) is 5.50. The SMILES string of the molecule is CO/C(C)=C1/NC(=O)[C@H]([C@@H](C)O)NC(=O)c2csc(n2)-c2cc(O)c(-c3nc(C(=O)N[C@@H](C)C(=O)NCc4cc(O)cc(O)c4)cs3)nc2-c2csc(n2)[C@@H]2COC(=O)c3c4c5c(cccc5n3O)COC(=O)[C@@H](O[C@H]3C[C@](C)(O)[C@H](N(C)C)[C@H](C)O3)[C@@H](OC4)[C@H](NC(=O)c3csc1n3)c1nc(cs1)C(=O)N2. The summed E-state index contributed by atoms with van der Waals surface area (Å²) in [7, 11) is 4.83. The van der Waals surface area contributed by atoms with Crippen LogP contribution in [0.5, 0.6) is 17.2 Å². The van der Waals surface area contributed by atoms with Gasteiger partial charge in [-0.3, -0.25) is 28.8 Å². The molecule has 34 nitrogen and oxygen atoms in total. The fraction of sp³-hybridized carbons (Fsp3) is 0.353. The van der Waals surface area contributed by atoms with Crippen molar-refractivity contribution in [3.63, 3.8) is 0 Å². The number of nitrogens with one attached hydrogen (secondary N) is 6. The molecule has 0 spiro atoms. The number of ether oxygens (including phenoxy) is 6. The van der Waals surface area contributed by atoms with Crippen molar-refractivity contribution < 1.29 is 97.5 Å². The van der Waals surface area contributed by atoms with Crippen LogP contribution < -0.4 is 31.9 Å². The van der Waals surface area contributed by atoms with Gasteiger partial charge in [-0.05, 0) is 84.1 Å². The number of aromatic nitrogens is 7. The lowest BCUT2D eigenvalue weighted by atomic mass is 9.85. The van der Waals surface area contributed by atoms with Gasteiger partial charge in [-0.15, -0.1) is 56.7 Å². The Kier molecular flexibility index (Phi) is 21.3. The van der Waals surface area contributed by atoms with Crippen molar-refractivity contribution in [3.05, 3.63) is 135 Å². The van der Waals surface area contributed by atoms with Gasteiger partial charge >= 0.3 is 11.9 Å². The van der Waals surface area contributed by atoms with Crippen LogP contribution in [0.2, 0.25) is 0 Å². The van der Waals surface area contributed by atoms with Crippen molar-refractivity contribution >= 4 is 121 Å². The highest BCUT2D eigenvalue weighted by Gasteiger charge is 2.50. The van der Waals surface area contributed by atoms with Gasteiger partial charge in [0.1, 0.15) is 137 Å². The molecule has 1 fully saturated rings. The number of allylic oxidation sites excluding steroid dienone is 1. The van der Waals surface area contributed by atoms with Crippen LogP contribution in [-0.4, -0.2) is 200 Å². The molecule has 7 aromatic heterocycles. The third kappa shape index (κ3) is 15.3. The summed E-state index contributed by atoms with van der Waals surface area (Å²) in [6.07, 6.45) is -7.62. The van der Waals surface area contributed by atoms with Gasteiger partial charge in [-0.1, -0.05) is 12.1 Å². The third-order valence-electron chi connectivity index (χ3n) is 17.9. The zero-order valence-electron chi connectivity index (χ0n) is 57.8. The maximum absolute atomic E-state index is 15.2. The molecular weight excluding hydrogens is 1490 g/mol. The van der Waals surface area contributed by atoms with E-state index in [-0.39, 0.29) is 123 Å². The predicted octanol–water partition coefficient (Wildman–Crippen LogP) is 5.01. The van der Waals surface area contributed by atoms with E-state index in [9.17, 15) is 49.9 Å². The molecule has 2 aromatic carbocycles. The first-order chi connectivity index (χ1) is 51.0. The Hall–Kier alpha value is -10.5. The fourth-order valence-corrected chi connectivity index (χ4v) is 17.1.